The molecule has 1 aromatic rings. The Morgan fingerprint density at radius 3 is 2.57 bits per heavy atom. The van der Waals surface area contributed by atoms with Crippen LogP contribution in [0.1, 0.15) is 24.0 Å². The number of carbonyl (C=O) groups excluding carboxylic acids is 2. The standard InChI is InChI=1S/C17H25N3O2.ClH/c1-12-5-4-6-15(13(12)2)19-16(21)11-20(3)17(22)14-7-9-18-10-8-14;/h4-6,14,18H,7-11H2,1-3H3,(H,19,21);1H. The quantitative estimate of drug-likeness (QED) is 0.883. The second kappa shape index (κ2) is 8.89. The Balaban J connectivity index is 0.00000264. The predicted octanol–water partition coefficient (Wildman–Crippen LogP) is 2.12. The van der Waals surface area contributed by atoms with Gasteiger partial charge in [0.25, 0.3) is 0 Å². The van der Waals surface area contributed by atoms with Gasteiger partial charge in [-0.15, -0.1) is 12.4 Å². The molecule has 0 unspecified atom stereocenters. The maximum Gasteiger partial charge on any atom is 0.243 e. The van der Waals surface area contributed by atoms with E-state index in [9.17, 15) is 9.59 Å². The van der Waals surface area contributed by atoms with Crippen LogP contribution in [0.3, 0.4) is 0 Å². The molecule has 1 heterocycles. The molecule has 1 aliphatic heterocycles. The summed E-state index contributed by atoms with van der Waals surface area (Å²) in [4.78, 5) is 26.0. The number of anilines is 1. The zero-order valence-corrected chi connectivity index (χ0v) is 14.8. The van der Waals surface area contributed by atoms with Gasteiger partial charge in [-0.25, -0.2) is 0 Å². The number of amides is 2. The Bertz CT molecular complexity index is 557. The van der Waals surface area contributed by atoms with E-state index >= 15 is 0 Å². The van der Waals surface area contributed by atoms with Crippen molar-refractivity contribution in [3.8, 4) is 0 Å². The second-order valence-electron chi connectivity index (χ2n) is 6.01. The van der Waals surface area contributed by atoms with Crippen molar-refractivity contribution in [1.29, 1.82) is 0 Å². The number of aryl methyl sites for hydroxylation is 1. The molecule has 1 fully saturated rings. The number of likely N-dealkylation sites (N-methyl/N-ethyl adjacent to an activating group) is 1. The van der Waals surface area contributed by atoms with Crippen molar-refractivity contribution >= 4 is 29.9 Å². The van der Waals surface area contributed by atoms with Crippen LogP contribution in [-0.2, 0) is 9.59 Å². The van der Waals surface area contributed by atoms with Gasteiger partial charge in [-0.05, 0) is 57.0 Å². The van der Waals surface area contributed by atoms with Crippen LogP contribution in [0.15, 0.2) is 18.2 Å². The minimum Gasteiger partial charge on any atom is -0.336 e. The van der Waals surface area contributed by atoms with Crippen LogP contribution in [0.4, 0.5) is 5.69 Å². The number of nitrogens with zero attached hydrogens (tertiary/aromatic N) is 1. The molecule has 6 heteroatoms. The fourth-order valence-electron chi connectivity index (χ4n) is 2.75. The Morgan fingerprint density at radius 1 is 1.26 bits per heavy atom. The van der Waals surface area contributed by atoms with Crippen molar-refractivity contribution in [2.75, 3.05) is 32.0 Å². The number of rotatable bonds is 4. The SMILES string of the molecule is Cc1cccc(NC(=O)CN(C)C(=O)C2CCNCC2)c1C.Cl. The van der Waals surface area contributed by atoms with Gasteiger partial charge < -0.3 is 15.5 Å². The van der Waals surface area contributed by atoms with E-state index in [1.54, 1.807) is 7.05 Å². The molecular formula is C17H26ClN3O2. The molecule has 23 heavy (non-hydrogen) atoms. The van der Waals surface area contributed by atoms with Gasteiger partial charge in [0.1, 0.15) is 0 Å². The van der Waals surface area contributed by atoms with Crippen molar-refractivity contribution in [3.05, 3.63) is 29.3 Å². The summed E-state index contributed by atoms with van der Waals surface area (Å²) < 4.78 is 0. The number of nitrogens with one attached hydrogen (secondary N) is 2. The molecule has 0 saturated carbocycles. The fourth-order valence-corrected chi connectivity index (χ4v) is 2.75. The molecule has 1 aromatic carbocycles. The number of carbonyl (C=O) groups is 2. The number of hydrogen-bond donors (Lipinski definition) is 2. The van der Waals surface area contributed by atoms with Gasteiger partial charge in [0, 0.05) is 18.7 Å². The van der Waals surface area contributed by atoms with Crippen LogP contribution in [0.25, 0.3) is 0 Å². The molecule has 1 saturated heterocycles. The van der Waals surface area contributed by atoms with Crippen molar-refractivity contribution < 1.29 is 9.59 Å². The lowest BCUT2D eigenvalue weighted by molar-refractivity contribution is -0.137. The molecule has 2 rings (SSSR count). The van der Waals surface area contributed by atoms with E-state index in [1.807, 2.05) is 32.0 Å². The highest BCUT2D eigenvalue weighted by Crippen LogP contribution is 2.18. The van der Waals surface area contributed by atoms with Gasteiger partial charge in [0.05, 0.1) is 6.54 Å². The third-order valence-electron chi connectivity index (χ3n) is 4.32. The van der Waals surface area contributed by atoms with Crippen LogP contribution in [-0.4, -0.2) is 43.4 Å². The maximum absolute atomic E-state index is 12.3. The lowest BCUT2D eigenvalue weighted by atomic mass is 9.97. The first kappa shape index (κ1) is 19.5. The number of halogens is 1. The number of benzene rings is 1. The minimum atomic E-state index is -0.154. The first-order valence-electron chi connectivity index (χ1n) is 7.81. The predicted molar refractivity (Wildman–Crippen MR) is 95.0 cm³/mol. The van der Waals surface area contributed by atoms with E-state index in [1.165, 1.54) is 4.90 Å². The van der Waals surface area contributed by atoms with Crippen molar-refractivity contribution in [2.45, 2.75) is 26.7 Å². The largest absolute Gasteiger partial charge is 0.336 e. The van der Waals surface area contributed by atoms with Crippen LogP contribution >= 0.6 is 12.4 Å². The third kappa shape index (κ3) is 5.22. The highest BCUT2D eigenvalue weighted by atomic mass is 35.5. The Hall–Kier alpha value is -1.59. The lowest BCUT2D eigenvalue weighted by Gasteiger charge is -2.26. The zero-order valence-electron chi connectivity index (χ0n) is 14.0. The molecule has 0 bridgehead atoms. The third-order valence-corrected chi connectivity index (χ3v) is 4.32. The van der Waals surface area contributed by atoms with E-state index < -0.39 is 0 Å². The van der Waals surface area contributed by atoms with Crippen molar-refractivity contribution in [2.24, 2.45) is 5.92 Å². The van der Waals surface area contributed by atoms with E-state index in [0.29, 0.717) is 0 Å². The van der Waals surface area contributed by atoms with Gasteiger partial charge in [0.15, 0.2) is 0 Å². The summed E-state index contributed by atoms with van der Waals surface area (Å²) in [6, 6.07) is 5.81. The molecule has 2 amide bonds. The highest BCUT2D eigenvalue weighted by Gasteiger charge is 2.25. The summed E-state index contributed by atoms with van der Waals surface area (Å²) in [6.45, 7) is 5.83. The number of hydrogen-bond acceptors (Lipinski definition) is 3. The monoisotopic (exact) mass is 339 g/mol. The minimum absolute atomic E-state index is 0. The topological polar surface area (TPSA) is 61.4 Å². The fraction of sp³-hybridized carbons (Fsp3) is 0.529. The van der Waals surface area contributed by atoms with Gasteiger partial charge >= 0.3 is 0 Å². The van der Waals surface area contributed by atoms with E-state index in [0.717, 1.165) is 42.7 Å². The Kier molecular flexibility index (Phi) is 7.52. The first-order valence-corrected chi connectivity index (χ1v) is 7.81. The molecule has 2 N–H and O–H groups in total. The molecule has 0 radical (unpaired) electrons. The highest BCUT2D eigenvalue weighted by molar-refractivity contribution is 5.95. The molecule has 1 aliphatic rings. The van der Waals surface area contributed by atoms with E-state index in [-0.39, 0.29) is 36.7 Å². The smallest absolute Gasteiger partial charge is 0.243 e. The van der Waals surface area contributed by atoms with Crippen LogP contribution in [0, 0.1) is 19.8 Å². The zero-order chi connectivity index (χ0) is 16.1. The summed E-state index contributed by atoms with van der Waals surface area (Å²) in [6.07, 6.45) is 1.70. The van der Waals surface area contributed by atoms with Crippen LogP contribution in [0.5, 0.6) is 0 Å². The molecule has 0 aromatic heterocycles. The van der Waals surface area contributed by atoms with Gasteiger partial charge in [0.2, 0.25) is 11.8 Å². The summed E-state index contributed by atoms with van der Waals surface area (Å²) >= 11 is 0. The second-order valence-corrected chi connectivity index (χ2v) is 6.01. The average Bonchev–Trinajstić information content (AvgIpc) is 2.52. The molecule has 0 atom stereocenters. The summed E-state index contributed by atoms with van der Waals surface area (Å²) in [5.74, 6) is -0.0455. The summed E-state index contributed by atoms with van der Waals surface area (Å²) in [5.41, 5.74) is 3.01. The normalized spacial score (nSPS) is 14.7. The molecule has 128 valence electrons. The van der Waals surface area contributed by atoms with Gasteiger partial charge in [-0.2, -0.15) is 0 Å². The van der Waals surface area contributed by atoms with Crippen molar-refractivity contribution in [1.82, 2.24) is 10.2 Å². The Morgan fingerprint density at radius 2 is 1.91 bits per heavy atom. The first-order chi connectivity index (χ1) is 10.5. The molecule has 0 spiro atoms. The summed E-state index contributed by atoms with van der Waals surface area (Å²) in [5, 5.41) is 6.14. The molecular weight excluding hydrogens is 314 g/mol. The average molecular weight is 340 g/mol. The van der Waals surface area contributed by atoms with Gasteiger partial charge in [-0.1, -0.05) is 12.1 Å². The Labute approximate surface area is 144 Å². The van der Waals surface area contributed by atoms with Crippen LogP contribution < -0.4 is 10.6 Å². The van der Waals surface area contributed by atoms with E-state index in [4.69, 9.17) is 0 Å². The van der Waals surface area contributed by atoms with Crippen molar-refractivity contribution in [3.63, 3.8) is 0 Å². The van der Waals surface area contributed by atoms with Gasteiger partial charge in [-0.3, -0.25) is 9.59 Å². The molecule has 5 nitrogen and oxygen atoms in total. The maximum atomic E-state index is 12.3. The summed E-state index contributed by atoms with van der Waals surface area (Å²) in [7, 11) is 1.70. The van der Waals surface area contributed by atoms with Crippen LogP contribution in [0.2, 0.25) is 0 Å². The van der Waals surface area contributed by atoms with E-state index in [2.05, 4.69) is 10.6 Å². The molecule has 0 aliphatic carbocycles. The number of piperidine rings is 1. The lowest BCUT2D eigenvalue weighted by Crippen LogP contribution is -2.42.